The number of carbonyl (C=O) groups is 4. The van der Waals surface area contributed by atoms with E-state index in [0.29, 0.717) is 5.56 Å². The fourth-order valence-corrected chi connectivity index (χ4v) is 2.33. The van der Waals surface area contributed by atoms with Crippen molar-refractivity contribution in [1.29, 1.82) is 0 Å². The van der Waals surface area contributed by atoms with Crippen LogP contribution in [0, 0.1) is 0 Å². The van der Waals surface area contributed by atoms with Crippen molar-refractivity contribution in [3.8, 4) is 5.75 Å². The van der Waals surface area contributed by atoms with Gasteiger partial charge in [-0.2, -0.15) is 0 Å². The highest BCUT2D eigenvalue weighted by Crippen LogP contribution is 2.17. The molecule has 0 saturated heterocycles. The Balaban J connectivity index is 2.91. The van der Waals surface area contributed by atoms with Crippen LogP contribution in [-0.2, 0) is 25.5 Å². The Morgan fingerprint density at radius 1 is 0.906 bits per heavy atom. The number of rotatable bonds is 7. The third-order valence-corrected chi connectivity index (χ3v) is 3.69. The molecule has 32 heavy (non-hydrogen) atoms. The zero-order valence-electron chi connectivity index (χ0n) is 19.5. The van der Waals surface area contributed by atoms with E-state index in [9.17, 15) is 19.2 Å². The number of carboxylic acid groups (broad SMARTS) is 1. The molecule has 3 N–H and O–H groups in total. The summed E-state index contributed by atoms with van der Waals surface area (Å²) < 4.78 is 15.4. The highest BCUT2D eigenvalue weighted by molar-refractivity contribution is 5.89. The van der Waals surface area contributed by atoms with Crippen molar-refractivity contribution in [2.24, 2.45) is 0 Å². The van der Waals surface area contributed by atoms with Crippen LogP contribution < -0.4 is 15.4 Å². The van der Waals surface area contributed by atoms with Crippen LogP contribution in [0.3, 0.4) is 0 Å². The molecule has 0 bridgehead atoms. The third kappa shape index (κ3) is 10.6. The number of ether oxygens (including phenoxy) is 3. The zero-order chi connectivity index (χ0) is 24.7. The average molecular weight is 453 g/mol. The number of alkyl carbamates (subject to hydrolysis) is 1. The first-order valence-electron chi connectivity index (χ1n) is 10.1. The van der Waals surface area contributed by atoms with Gasteiger partial charge in [-0.05, 0) is 66.2 Å². The maximum absolute atomic E-state index is 12.6. The Hall–Kier alpha value is -3.30. The second kappa shape index (κ2) is 10.8. The lowest BCUT2D eigenvalue weighted by Gasteiger charge is -2.24. The topological polar surface area (TPSA) is 140 Å². The van der Waals surface area contributed by atoms with E-state index < -0.39 is 47.4 Å². The molecule has 178 valence electrons. The van der Waals surface area contributed by atoms with E-state index in [2.05, 4.69) is 10.6 Å². The van der Waals surface area contributed by atoms with Crippen molar-refractivity contribution in [1.82, 2.24) is 10.6 Å². The molecule has 0 spiro atoms. The average Bonchev–Trinajstić information content (AvgIpc) is 2.59. The Morgan fingerprint density at radius 3 is 1.91 bits per heavy atom. The molecule has 0 heterocycles. The summed E-state index contributed by atoms with van der Waals surface area (Å²) in [5.74, 6) is -1.65. The molecule has 1 rings (SSSR count). The standard InChI is InChI=1S/C22H32N2O8/c1-13(18(26)27)23-17(25)16(24-19(28)31-21(2,3)4)12-14-8-10-15(11-9-14)30-20(29)32-22(5,6)7/h8-11,13,16H,12H2,1-7H3,(H,23,25)(H,24,28)(H,26,27). The first-order valence-corrected chi connectivity index (χ1v) is 10.1. The van der Waals surface area contributed by atoms with Crippen LogP contribution >= 0.6 is 0 Å². The molecule has 0 aliphatic rings. The van der Waals surface area contributed by atoms with Crippen LogP contribution in [0.5, 0.6) is 5.75 Å². The van der Waals surface area contributed by atoms with Crippen molar-refractivity contribution < 1.29 is 38.5 Å². The summed E-state index contributed by atoms with van der Waals surface area (Å²) in [6.07, 6.45) is -1.62. The molecule has 0 aliphatic carbocycles. The number of benzene rings is 1. The molecule has 1 aromatic rings. The van der Waals surface area contributed by atoms with E-state index >= 15 is 0 Å². The first kappa shape index (κ1) is 26.7. The smallest absolute Gasteiger partial charge is 0.480 e. The maximum atomic E-state index is 12.6. The summed E-state index contributed by atoms with van der Waals surface area (Å²) >= 11 is 0. The van der Waals surface area contributed by atoms with Gasteiger partial charge in [0.05, 0.1) is 0 Å². The second-order valence-corrected chi connectivity index (χ2v) is 9.18. The highest BCUT2D eigenvalue weighted by Gasteiger charge is 2.27. The lowest BCUT2D eigenvalue weighted by Crippen LogP contribution is -2.52. The van der Waals surface area contributed by atoms with Gasteiger partial charge in [-0.25, -0.2) is 9.59 Å². The minimum atomic E-state index is -1.21. The molecule has 0 aromatic heterocycles. The monoisotopic (exact) mass is 452 g/mol. The Bertz CT molecular complexity index is 822. The largest absolute Gasteiger partial charge is 0.514 e. The minimum Gasteiger partial charge on any atom is -0.480 e. The van der Waals surface area contributed by atoms with Crippen LogP contribution in [-0.4, -0.2) is 52.5 Å². The van der Waals surface area contributed by atoms with E-state index in [1.54, 1.807) is 53.7 Å². The van der Waals surface area contributed by atoms with E-state index in [1.165, 1.54) is 19.1 Å². The molecule has 10 nitrogen and oxygen atoms in total. The normalized spacial score (nSPS) is 13.3. The fourth-order valence-electron chi connectivity index (χ4n) is 2.33. The Kier molecular flexibility index (Phi) is 9.05. The second-order valence-electron chi connectivity index (χ2n) is 9.18. The quantitative estimate of drug-likeness (QED) is 0.424. The van der Waals surface area contributed by atoms with Crippen molar-refractivity contribution in [3.63, 3.8) is 0 Å². The van der Waals surface area contributed by atoms with Crippen molar-refractivity contribution >= 4 is 24.1 Å². The number of hydrogen-bond donors (Lipinski definition) is 3. The number of carbonyl (C=O) groups excluding carboxylic acids is 3. The van der Waals surface area contributed by atoms with E-state index in [1.807, 2.05) is 0 Å². The predicted molar refractivity (Wildman–Crippen MR) is 115 cm³/mol. The van der Waals surface area contributed by atoms with Crippen LogP contribution in [0.2, 0.25) is 0 Å². The third-order valence-electron chi connectivity index (χ3n) is 3.69. The number of amides is 2. The molecule has 0 aliphatic heterocycles. The summed E-state index contributed by atoms with van der Waals surface area (Å²) in [7, 11) is 0. The lowest BCUT2D eigenvalue weighted by molar-refractivity contribution is -0.141. The van der Waals surface area contributed by atoms with Gasteiger partial charge in [0.15, 0.2) is 0 Å². The van der Waals surface area contributed by atoms with Gasteiger partial charge in [-0.1, -0.05) is 12.1 Å². The number of carboxylic acids is 1. The number of hydrogen-bond acceptors (Lipinski definition) is 7. The first-order chi connectivity index (χ1) is 14.6. The minimum absolute atomic E-state index is 0.0458. The Labute approximate surface area is 187 Å². The van der Waals surface area contributed by atoms with Gasteiger partial charge < -0.3 is 30.0 Å². The fraction of sp³-hybridized carbons (Fsp3) is 0.545. The molecular formula is C22H32N2O8. The molecule has 2 atom stereocenters. The summed E-state index contributed by atoms with van der Waals surface area (Å²) in [6, 6.07) is 4.01. The molecule has 2 unspecified atom stereocenters. The summed E-state index contributed by atoms with van der Waals surface area (Å²) in [5, 5.41) is 13.8. The van der Waals surface area contributed by atoms with E-state index in [0.717, 1.165) is 0 Å². The van der Waals surface area contributed by atoms with Crippen LogP contribution in [0.1, 0.15) is 54.0 Å². The van der Waals surface area contributed by atoms with Gasteiger partial charge in [0.1, 0.15) is 29.0 Å². The molecule has 1 aromatic carbocycles. The summed E-state index contributed by atoms with van der Waals surface area (Å²) in [4.78, 5) is 47.6. The van der Waals surface area contributed by atoms with E-state index in [4.69, 9.17) is 19.3 Å². The van der Waals surface area contributed by atoms with E-state index in [-0.39, 0.29) is 12.2 Å². The van der Waals surface area contributed by atoms with Gasteiger partial charge in [-0.15, -0.1) is 0 Å². The molecule has 0 fully saturated rings. The van der Waals surface area contributed by atoms with Crippen LogP contribution in [0.25, 0.3) is 0 Å². The van der Waals surface area contributed by atoms with Crippen LogP contribution in [0.4, 0.5) is 9.59 Å². The molecule has 2 amide bonds. The molecular weight excluding hydrogens is 420 g/mol. The van der Waals surface area contributed by atoms with Crippen LogP contribution in [0.15, 0.2) is 24.3 Å². The lowest BCUT2D eigenvalue weighted by atomic mass is 10.0. The van der Waals surface area contributed by atoms with Gasteiger partial charge in [0.2, 0.25) is 5.91 Å². The SMILES string of the molecule is CC(NC(=O)C(Cc1ccc(OC(=O)OC(C)(C)C)cc1)NC(=O)OC(C)(C)C)C(=O)O. The highest BCUT2D eigenvalue weighted by atomic mass is 16.7. The number of nitrogens with one attached hydrogen (secondary N) is 2. The molecule has 0 radical (unpaired) electrons. The van der Waals surface area contributed by atoms with Crippen molar-refractivity contribution in [2.45, 2.75) is 78.2 Å². The van der Waals surface area contributed by atoms with Crippen molar-refractivity contribution in [3.05, 3.63) is 29.8 Å². The van der Waals surface area contributed by atoms with Gasteiger partial charge >= 0.3 is 18.2 Å². The van der Waals surface area contributed by atoms with Crippen molar-refractivity contribution in [2.75, 3.05) is 0 Å². The molecule has 10 heteroatoms. The summed E-state index contributed by atoms with van der Waals surface area (Å²) in [5.41, 5.74) is -0.848. The maximum Gasteiger partial charge on any atom is 0.514 e. The zero-order valence-corrected chi connectivity index (χ0v) is 19.5. The number of aliphatic carboxylic acids is 1. The van der Waals surface area contributed by atoms with Gasteiger partial charge in [-0.3, -0.25) is 9.59 Å². The van der Waals surface area contributed by atoms with Gasteiger partial charge in [0.25, 0.3) is 0 Å². The molecule has 0 saturated carbocycles. The Morgan fingerprint density at radius 2 is 1.44 bits per heavy atom. The van der Waals surface area contributed by atoms with Gasteiger partial charge in [0, 0.05) is 6.42 Å². The summed E-state index contributed by atoms with van der Waals surface area (Å²) in [6.45, 7) is 11.5. The predicted octanol–water partition coefficient (Wildman–Crippen LogP) is 3.03.